The normalized spacial score (nSPS) is 10.5. The molecule has 0 unspecified atom stereocenters. The largest absolute Gasteiger partial charge is 0.482 e. The van der Waals surface area contributed by atoms with Gasteiger partial charge in [-0.3, -0.25) is 4.79 Å². The van der Waals surface area contributed by atoms with Gasteiger partial charge >= 0.3 is 5.97 Å². The molecule has 0 aliphatic carbocycles. The van der Waals surface area contributed by atoms with Crippen molar-refractivity contribution in [2.75, 3.05) is 18.5 Å². The molecule has 2 aromatic rings. The minimum absolute atomic E-state index is 0.164. The number of hydrogen-bond acceptors (Lipinski definition) is 4. The van der Waals surface area contributed by atoms with Crippen LogP contribution < -0.4 is 10.1 Å². The van der Waals surface area contributed by atoms with Crippen molar-refractivity contribution >= 4 is 29.2 Å². The maximum atomic E-state index is 12.0. The zero-order chi connectivity index (χ0) is 18.9. The van der Waals surface area contributed by atoms with Crippen molar-refractivity contribution in [1.29, 1.82) is 0 Å². The van der Waals surface area contributed by atoms with Gasteiger partial charge in [-0.1, -0.05) is 37.6 Å². The van der Waals surface area contributed by atoms with E-state index in [4.69, 9.17) is 21.1 Å². The van der Waals surface area contributed by atoms with E-state index < -0.39 is 0 Å². The van der Waals surface area contributed by atoms with Crippen molar-refractivity contribution in [3.8, 4) is 5.75 Å². The Labute approximate surface area is 158 Å². The Morgan fingerprint density at radius 1 is 1.08 bits per heavy atom. The van der Waals surface area contributed by atoms with Crippen LogP contribution in [-0.2, 0) is 9.53 Å². The van der Waals surface area contributed by atoms with E-state index >= 15 is 0 Å². The highest BCUT2D eigenvalue weighted by molar-refractivity contribution is 6.32. The monoisotopic (exact) mass is 375 g/mol. The third-order valence-electron chi connectivity index (χ3n) is 3.53. The van der Waals surface area contributed by atoms with Gasteiger partial charge in [0.15, 0.2) is 6.61 Å². The molecule has 0 atom stereocenters. The van der Waals surface area contributed by atoms with Gasteiger partial charge in [0.1, 0.15) is 5.75 Å². The predicted molar refractivity (Wildman–Crippen MR) is 102 cm³/mol. The van der Waals surface area contributed by atoms with Gasteiger partial charge in [0.25, 0.3) is 5.91 Å². The van der Waals surface area contributed by atoms with Crippen LogP contribution in [0.15, 0.2) is 48.5 Å². The fourth-order valence-electron chi connectivity index (χ4n) is 2.06. The highest BCUT2D eigenvalue weighted by atomic mass is 35.5. The average molecular weight is 376 g/mol. The highest BCUT2D eigenvalue weighted by Gasteiger charge is 2.09. The Morgan fingerprint density at radius 2 is 1.77 bits per heavy atom. The summed E-state index contributed by atoms with van der Waals surface area (Å²) in [6.07, 6.45) is 0.825. The van der Waals surface area contributed by atoms with Crippen LogP contribution in [-0.4, -0.2) is 25.1 Å². The molecule has 6 heteroatoms. The van der Waals surface area contributed by atoms with Crippen LogP contribution in [0.2, 0.25) is 5.02 Å². The second-order valence-electron chi connectivity index (χ2n) is 6.16. The molecule has 0 bridgehead atoms. The standard InChI is InChI=1S/C20H22ClNO4/c1-14(2)11-12-25-20(24)15-7-9-16(10-8-15)22-19(23)13-26-18-6-4-3-5-17(18)21/h3-10,14H,11-13H2,1-2H3,(H,22,23). The fourth-order valence-corrected chi connectivity index (χ4v) is 2.25. The Balaban J connectivity index is 1.81. The SMILES string of the molecule is CC(C)CCOC(=O)c1ccc(NC(=O)COc2ccccc2Cl)cc1. The number of esters is 1. The lowest BCUT2D eigenvalue weighted by Crippen LogP contribution is -2.20. The van der Waals surface area contributed by atoms with Crippen molar-refractivity contribution in [3.63, 3.8) is 0 Å². The number of anilines is 1. The predicted octanol–water partition coefficient (Wildman–Crippen LogP) is 4.56. The fraction of sp³-hybridized carbons (Fsp3) is 0.300. The molecule has 2 aromatic carbocycles. The van der Waals surface area contributed by atoms with Gasteiger partial charge < -0.3 is 14.8 Å². The van der Waals surface area contributed by atoms with E-state index in [1.807, 2.05) is 0 Å². The molecule has 2 rings (SSSR count). The van der Waals surface area contributed by atoms with Gasteiger partial charge in [-0.2, -0.15) is 0 Å². The van der Waals surface area contributed by atoms with Crippen LogP contribution in [0.4, 0.5) is 5.69 Å². The second kappa shape index (κ2) is 9.82. The van der Waals surface area contributed by atoms with Gasteiger partial charge in [-0.15, -0.1) is 0 Å². The lowest BCUT2D eigenvalue weighted by molar-refractivity contribution is -0.118. The summed E-state index contributed by atoms with van der Waals surface area (Å²) in [4.78, 5) is 23.9. The van der Waals surface area contributed by atoms with E-state index in [1.165, 1.54) is 0 Å². The molecule has 0 aliphatic heterocycles. The molecule has 0 fully saturated rings. The van der Waals surface area contributed by atoms with Crippen molar-refractivity contribution < 1.29 is 19.1 Å². The number of carbonyl (C=O) groups excluding carboxylic acids is 2. The van der Waals surface area contributed by atoms with E-state index in [0.717, 1.165) is 6.42 Å². The Morgan fingerprint density at radius 3 is 2.42 bits per heavy atom. The number of halogens is 1. The van der Waals surface area contributed by atoms with Crippen LogP contribution in [0.5, 0.6) is 5.75 Å². The maximum absolute atomic E-state index is 12.0. The molecule has 138 valence electrons. The number of para-hydroxylation sites is 1. The van der Waals surface area contributed by atoms with Crippen molar-refractivity contribution in [2.45, 2.75) is 20.3 Å². The Bertz CT molecular complexity index is 744. The smallest absolute Gasteiger partial charge is 0.338 e. The molecule has 1 amide bonds. The summed E-state index contributed by atoms with van der Waals surface area (Å²) in [6.45, 7) is 4.37. The van der Waals surface area contributed by atoms with Gasteiger partial charge in [-0.25, -0.2) is 4.79 Å². The molecule has 0 radical (unpaired) electrons. The first kappa shape index (κ1) is 19.8. The van der Waals surface area contributed by atoms with E-state index in [1.54, 1.807) is 48.5 Å². The molecule has 0 aliphatic rings. The second-order valence-corrected chi connectivity index (χ2v) is 6.57. The van der Waals surface area contributed by atoms with Crippen LogP contribution in [0.3, 0.4) is 0 Å². The molecule has 0 aromatic heterocycles. The first-order chi connectivity index (χ1) is 12.5. The minimum Gasteiger partial charge on any atom is -0.482 e. The zero-order valence-corrected chi connectivity index (χ0v) is 15.6. The minimum atomic E-state index is -0.370. The topological polar surface area (TPSA) is 64.6 Å². The third-order valence-corrected chi connectivity index (χ3v) is 3.84. The van der Waals surface area contributed by atoms with E-state index in [-0.39, 0.29) is 18.5 Å². The van der Waals surface area contributed by atoms with E-state index in [0.29, 0.717) is 34.5 Å². The number of hydrogen-bond donors (Lipinski definition) is 1. The quantitative estimate of drug-likeness (QED) is 0.687. The van der Waals surface area contributed by atoms with E-state index in [2.05, 4.69) is 19.2 Å². The molecule has 26 heavy (non-hydrogen) atoms. The van der Waals surface area contributed by atoms with Crippen LogP contribution in [0, 0.1) is 5.92 Å². The third kappa shape index (κ3) is 6.41. The van der Waals surface area contributed by atoms with E-state index in [9.17, 15) is 9.59 Å². The molecule has 0 saturated carbocycles. The first-order valence-corrected chi connectivity index (χ1v) is 8.78. The summed E-state index contributed by atoms with van der Waals surface area (Å²) in [6, 6.07) is 13.5. The molecule has 0 heterocycles. The van der Waals surface area contributed by atoms with Crippen molar-refractivity contribution in [1.82, 2.24) is 0 Å². The summed E-state index contributed by atoms with van der Waals surface area (Å²) in [5.41, 5.74) is 1.01. The summed E-state index contributed by atoms with van der Waals surface area (Å²) in [5.74, 6) is 0.236. The molecule has 0 saturated heterocycles. The Kier molecular flexibility index (Phi) is 7.48. The number of carbonyl (C=O) groups is 2. The van der Waals surface area contributed by atoms with Gasteiger partial charge in [-0.05, 0) is 48.7 Å². The van der Waals surface area contributed by atoms with Crippen LogP contribution in [0.1, 0.15) is 30.6 Å². The zero-order valence-electron chi connectivity index (χ0n) is 14.8. The molecular weight excluding hydrogens is 354 g/mol. The summed E-state index contributed by atoms with van der Waals surface area (Å²) in [5, 5.41) is 3.14. The van der Waals surface area contributed by atoms with Gasteiger partial charge in [0, 0.05) is 5.69 Å². The van der Waals surface area contributed by atoms with Crippen LogP contribution in [0.25, 0.3) is 0 Å². The average Bonchev–Trinajstić information content (AvgIpc) is 2.61. The number of amides is 1. The van der Waals surface area contributed by atoms with Gasteiger partial charge in [0.05, 0.1) is 17.2 Å². The van der Waals surface area contributed by atoms with Gasteiger partial charge in [0.2, 0.25) is 0 Å². The lowest BCUT2D eigenvalue weighted by atomic mass is 10.1. The summed E-state index contributed by atoms with van der Waals surface area (Å²) < 4.78 is 10.6. The number of ether oxygens (including phenoxy) is 2. The first-order valence-electron chi connectivity index (χ1n) is 8.40. The molecule has 1 N–H and O–H groups in total. The maximum Gasteiger partial charge on any atom is 0.338 e. The Hall–Kier alpha value is -2.53. The number of rotatable bonds is 8. The lowest BCUT2D eigenvalue weighted by Gasteiger charge is -2.09. The number of nitrogens with one attached hydrogen (secondary N) is 1. The summed E-state index contributed by atoms with van der Waals surface area (Å²) in [7, 11) is 0. The van der Waals surface area contributed by atoms with Crippen LogP contribution >= 0.6 is 11.6 Å². The molecular formula is C20H22ClNO4. The van der Waals surface area contributed by atoms with Crippen molar-refractivity contribution in [3.05, 3.63) is 59.1 Å². The highest BCUT2D eigenvalue weighted by Crippen LogP contribution is 2.23. The van der Waals surface area contributed by atoms with Crippen molar-refractivity contribution in [2.24, 2.45) is 5.92 Å². The molecule has 5 nitrogen and oxygen atoms in total. The number of benzene rings is 2. The summed E-state index contributed by atoms with van der Waals surface area (Å²) >= 11 is 5.97. The molecule has 0 spiro atoms.